The van der Waals surface area contributed by atoms with E-state index in [0.717, 1.165) is 17.8 Å². The maximum absolute atomic E-state index is 14.0. The van der Waals surface area contributed by atoms with Crippen LogP contribution in [0.3, 0.4) is 0 Å². The molecule has 0 spiro atoms. The van der Waals surface area contributed by atoms with Crippen LogP contribution in [0.2, 0.25) is 0 Å². The summed E-state index contributed by atoms with van der Waals surface area (Å²) >= 11 is 0.835. The fraction of sp³-hybridized carbons (Fsp3) is 0.273. The van der Waals surface area contributed by atoms with E-state index in [2.05, 4.69) is 5.32 Å². The predicted molar refractivity (Wildman–Crippen MR) is 113 cm³/mol. The highest BCUT2D eigenvalue weighted by Crippen LogP contribution is 2.27. The predicted octanol–water partition coefficient (Wildman–Crippen LogP) is 4.06. The zero-order valence-electron chi connectivity index (χ0n) is 16.7. The standard InChI is InChI=1S/C22H21F2NO5S/c1-2-3-16-18(9-8-17(23)20(16)24)30-12-14(26)11-29-15-6-4-13(5-7-15)10-19-21(27)25-22(28)31-19/h4-10,14,26H,2-3,11-12H2,1H3,(H,25,27,28)/b19-10-/t14-/m0/s1. The van der Waals surface area contributed by atoms with Crippen LogP contribution in [0.25, 0.3) is 6.08 Å². The van der Waals surface area contributed by atoms with Gasteiger partial charge in [-0.05, 0) is 54.1 Å². The maximum Gasteiger partial charge on any atom is 0.290 e. The second-order valence-corrected chi connectivity index (χ2v) is 7.80. The molecule has 1 aliphatic heterocycles. The summed E-state index contributed by atoms with van der Waals surface area (Å²) in [5.41, 5.74) is 0.863. The number of benzene rings is 2. The van der Waals surface area contributed by atoms with Crippen LogP contribution in [0.5, 0.6) is 11.5 Å². The molecule has 1 heterocycles. The molecule has 6 nitrogen and oxygen atoms in total. The van der Waals surface area contributed by atoms with Crippen molar-refractivity contribution in [3.05, 3.63) is 64.1 Å². The number of rotatable bonds is 9. The molecular weight excluding hydrogens is 428 g/mol. The minimum atomic E-state index is -0.992. The Labute approximate surface area is 182 Å². The first kappa shape index (κ1) is 22.8. The number of carbonyl (C=O) groups is 2. The topological polar surface area (TPSA) is 84.9 Å². The highest BCUT2D eigenvalue weighted by Gasteiger charge is 2.24. The van der Waals surface area contributed by atoms with Gasteiger partial charge in [0.15, 0.2) is 11.6 Å². The van der Waals surface area contributed by atoms with Crippen molar-refractivity contribution in [3.8, 4) is 11.5 Å². The molecule has 164 valence electrons. The first-order valence-corrected chi connectivity index (χ1v) is 10.4. The van der Waals surface area contributed by atoms with Gasteiger partial charge in [0.2, 0.25) is 0 Å². The molecule has 0 radical (unpaired) electrons. The van der Waals surface area contributed by atoms with Crippen molar-refractivity contribution < 1.29 is 33.0 Å². The molecule has 0 aliphatic carbocycles. The zero-order chi connectivity index (χ0) is 22.4. The highest BCUT2D eigenvalue weighted by molar-refractivity contribution is 8.18. The van der Waals surface area contributed by atoms with Crippen LogP contribution >= 0.6 is 11.8 Å². The molecule has 9 heteroatoms. The monoisotopic (exact) mass is 449 g/mol. The molecule has 2 N–H and O–H groups in total. The lowest BCUT2D eigenvalue weighted by atomic mass is 10.1. The molecule has 2 aromatic carbocycles. The third-order valence-electron chi connectivity index (χ3n) is 4.35. The number of nitrogens with one attached hydrogen (secondary N) is 1. The quantitative estimate of drug-likeness (QED) is 0.562. The van der Waals surface area contributed by atoms with E-state index in [1.807, 2.05) is 6.92 Å². The minimum absolute atomic E-state index is 0.0695. The number of imide groups is 1. The van der Waals surface area contributed by atoms with E-state index in [9.17, 15) is 23.5 Å². The van der Waals surface area contributed by atoms with Crippen molar-refractivity contribution in [3.63, 3.8) is 0 Å². The van der Waals surface area contributed by atoms with Crippen molar-refractivity contribution in [2.75, 3.05) is 13.2 Å². The van der Waals surface area contributed by atoms with E-state index >= 15 is 0 Å². The molecule has 31 heavy (non-hydrogen) atoms. The Kier molecular flexibility index (Phi) is 7.64. The SMILES string of the molecule is CCCc1c(OC[C@@H](O)COc2ccc(/C=C3\SC(=O)NC3=O)cc2)ccc(F)c1F. The van der Waals surface area contributed by atoms with E-state index in [4.69, 9.17) is 9.47 Å². The molecular formula is C22H21F2NO5S. The normalized spacial score (nSPS) is 15.8. The lowest BCUT2D eigenvalue weighted by Crippen LogP contribution is -2.25. The summed E-state index contributed by atoms with van der Waals surface area (Å²) in [5.74, 6) is -1.61. The fourth-order valence-electron chi connectivity index (χ4n) is 2.85. The maximum atomic E-state index is 14.0. The summed E-state index contributed by atoms with van der Waals surface area (Å²) in [6.07, 6.45) is 1.54. The van der Waals surface area contributed by atoms with Crippen LogP contribution in [-0.4, -0.2) is 35.6 Å². The van der Waals surface area contributed by atoms with E-state index in [1.54, 1.807) is 30.3 Å². The number of halogens is 2. The second-order valence-electron chi connectivity index (χ2n) is 6.79. The number of hydrogen-bond donors (Lipinski definition) is 2. The largest absolute Gasteiger partial charge is 0.491 e. The van der Waals surface area contributed by atoms with E-state index in [1.165, 1.54) is 6.07 Å². The zero-order valence-corrected chi connectivity index (χ0v) is 17.5. The second kappa shape index (κ2) is 10.4. The summed E-state index contributed by atoms with van der Waals surface area (Å²) in [6, 6.07) is 9.08. The van der Waals surface area contributed by atoms with Gasteiger partial charge in [0.05, 0.1) is 4.91 Å². The summed E-state index contributed by atoms with van der Waals surface area (Å²) in [5, 5.41) is 11.9. The van der Waals surface area contributed by atoms with Gasteiger partial charge in [0.1, 0.15) is 30.8 Å². The van der Waals surface area contributed by atoms with E-state index in [0.29, 0.717) is 29.1 Å². The molecule has 0 bridgehead atoms. The Morgan fingerprint density at radius 2 is 1.81 bits per heavy atom. The van der Waals surface area contributed by atoms with Gasteiger partial charge in [-0.15, -0.1) is 0 Å². The Balaban J connectivity index is 1.52. The number of aliphatic hydroxyl groups excluding tert-OH is 1. The van der Waals surface area contributed by atoms with Gasteiger partial charge in [-0.2, -0.15) is 0 Å². The Hall–Kier alpha value is -2.91. The van der Waals surface area contributed by atoms with Crippen molar-refractivity contribution in [2.45, 2.75) is 25.9 Å². The number of hydrogen-bond acceptors (Lipinski definition) is 6. The van der Waals surface area contributed by atoms with Gasteiger partial charge in [-0.1, -0.05) is 25.5 Å². The van der Waals surface area contributed by atoms with Crippen molar-refractivity contribution >= 4 is 29.0 Å². The molecule has 1 atom stereocenters. The molecule has 1 fully saturated rings. The van der Waals surface area contributed by atoms with E-state index < -0.39 is 28.9 Å². The smallest absolute Gasteiger partial charge is 0.290 e. The number of carbonyl (C=O) groups excluding carboxylic acids is 2. The van der Waals surface area contributed by atoms with Gasteiger partial charge < -0.3 is 14.6 Å². The molecule has 3 rings (SSSR count). The lowest BCUT2D eigenvalue weighted by Gasteiger charge is -2.16. The average Bonchev–Trinajstić information content (AvgIpc) is 3.07. The van der Waals surface area contributed by atoms with Gasteiger partial charge in [-0.3, -0.25) is 14.9 Å². The fourth-order valence-corrected chi connectivity index (χ4v) is 3.53. The van der Waals surface area contributed by atoms with Crippen LogP contribution in [0, 0.1) is 11.6 Å². The summed E-state index contributed by atoms with van der Waals surface area (Å²) in [7, 11) is 0. The van der Waals surface area contributed by atoms with Crippen LogP contribution in [0.4, 0.5) is 13.6 Å². The summed E-state index contributed by atoms with van der Waals surface area (Å²) < 4.78 is 38.4. The summed E-state index contributed by atoms with van der Waals surface area (Å²) in [6.45, 7) is 1.63. The van der Waals surface area contributed by atoms with Crippen molar-refractivity contribution in [1.82, 2.24) is 5.32 Å². The van der Waals surface area contributed by atoms with Gasteiger partial charge in [-0.25, -0.2) is 8.78 Å². The Morgan fingerprint density at radius 1 is 1.10 bits per heavy atom. The van der Waals surface area contributed by atoms with Gasteiger partial charge >= 0.3 is 0 Å². The Bertz CT molecular complexity index is 994. The minimum Gasteiger partial charge on any atom is -0.491 e. The molecule has 1 aliphatic rings. The third-order valence-corrected chi connectivity index (χ3v) is 5.16. The number of aliphatic hydroxyl groups is 1. The van der Waals surface area contributed by atoms with Crippen molar-refractivity contribution in [1.29, 1.82) is 0 Å². The number of ether oxygens (including phenoxy) is 2. The Morgan fingerprint density at radius 3 is 2.45 bits per heavy atom. The van der Waals surface area contributed by atoms with Gasteiger partial charge in [0.25, 0.3) is 11.1 Å². The van der Waals surface area contributed by atoms with Gasteiger partial charge in [0, 0.05) is 5.56 Å². The number of amides is 2. The molecule has 0 unspecified atom stereocenters. The molecule has 1 saturated heterocycles. The van der Waals surface area contributed by atoms with Crippen LogP contribution in [-0.2, 0) is 11.2 Å². The first-order chi connectivity index (χ1) is 14.9. The van der Waals surface area contributed by atoms with Crippen LogP contribution < -0.4 is 14.8 Å². The molecule has 0 saturated carbocycles. The van der Waals surface area contributed by atoms with Crippen LogP contribution in [0.1, 0.15) is 24.5 Å². The average molecular weight is 449 g/mol. The lowest BCUT2D eigenvalue weighted by molar-refractivity contribution is -0.115. The molecule has 2 aromatic rings. The van der Waals surface area contributed by atoms with E-state index in [-0.39, 0.29) is 24.5 Å². The van der Waals surface area contributed by atoms with Crippen molar-refractivity contribution in [2.24, 2.45) is 0 Å². The molecule has 2 amide bonds. The third kappa shape index (κ3) is 6.05. The number of thioether (sulfide) groups is 1. The first-order valence-electron chi connectivity index (χ1n) is 9.62. The highest BCUT2D eigenvalue weighted by atomic mass is 32.2. The summed E-state index contributed by atoms with van der Waals surface area (Å²) in [4.78, 5) is 23.1. The van der Waals surface area contributed by atoms with Crippen LogP contribution in [0.15, 0.2) is 41.3 Å². The molecule has 0 aromatic heterocycles.